The lowest BCUT2D eigenvalue weighted by atomic mass is 9.78. The molecule has 0 bridgehead atoms. The molecule has 0 amide bonds. The minimum Gasteiger partial charge on any atom is -0.456 e. The monoisotopic (exact) mass is 1400 g/mol. The van der Waals surface area contributed by atoms with Gasteiger partial charge >= 0.3 is 0 Å². The molecular weight excluding hydrogens is 1320 g/mol. The van der Waals surface area contributed by atoms with Gasteiger partial charge in [-0.15, -0.1) is 0 Å². The van der Waals surface area contributed by atoms with E-state index < -0.39 is 0 Å². The van der Waals surface area contributed by atoms with Crippen LogP contribution in [0.5, 0.6) is 0 Å². The SMILES string of the molecule is CC(Cc1cccc(N(c2ccc3cc4c(cc3c2)oc2cc3cc(N(c5ccccc5)c5ccc(C#N)cc5)ccc3cc24)C2C=CC(C#N)=CC2)c1)c1ccc(N(c2ccc(C#N)cc2)c2ccc3cc4c5c(oc4cc3c2)C=C2C=C(N(C3=CCC(C(C)C)C=C3)C3=CC=C(C#N)CC3)CCC2C5)cc1. The van der Waals surface area contributed by atoms with Gasteiger partial charge in [-0.05, 0) is 318 Å². The van der Waals surface area contributed by atoms with Crippen molar-refractivity contribution in [1.82, 2.24) is 4.90 Å². The minimum atomic E-state index is -0.0434. The van der Waals surface area contributed by atoms with Crippen LogP contribution in [0.1, 0.15) is 98.8 Å². The van der Waals surface area contributed by atoms with Crippen molar-refractivity contribution in [2.45, 2.75) is 84.1 Å². The van der Waals surface area contributed by atoms with Gasteiger partial charge in [0.05, 0.1) is 41.4 Å². The zero-order valence-electron chi connectivity index (χ0n) is 60.5. The third-order valence-corrected chi connectivity index (χ3v) is 22.8. The van der Waals surface area contributed by atoms with Crippen LogP contribution in [-0.2, 0) is 12.8 Å². The molecule has 0 saturated heterocycles. The van der Waals surface area contributed by atoms with Crippen LogP contribution in [0.3, 0.4) is 0 Å². The highest BCUT2D eigenvalue weighted by Gasteiger charge is 2.33. The quantitative estimate of drug-likeness (QED) is 0.0920. The van der Waals surface area contributed by atoms with E-state index in [1.54, 1.807) is 0 Å². The van der Waals surface area contributed by atoms with E-state index in [9.17, 15) is 21.0 Å². The smallest absolute Gasteiger partial charge is 0.136 e. The van der Waals surface area contributed by atoms with Crippen LogP contribution >= 0.6 is 0 Å². The van der Waals surface area contributed by atoms with Crippen LogP contribution in [0.25, 0.3) is 71.3 Å². The van der Waals surface area contributed by atoms with E-state index in [-0.39, 0.29) is 12.0 Å². The van der Waals surface area contributed by atoms with Crippen LogP contribution < -0.4 is 14.7 Å². The van der Waals surface area contributed by atoms with Crippen LogP contribution in [0.4, 0.5) is 45.5 Å². The van der Waals surface area contributed by atoms with E-state index in [1.165, 1.54) is 44.7 Å². The van der Waals surface area contributed by atoms with Crippen molar-refractivity contribution >= 4 is 117 Å². The molecule has 108 heavy (non-hydrogen) atoms. The third-order valence-electron chi connectivity index (χ3n) is 22.8. The Kier molecular flexibility index (Phi) is 17.2. The Morgan fingerprint density at radius 3 is 1.61 bits per heavy atom. The number of nitrogens with zero attached hydrogens (tertiary/aromatic N) is 8. The molecule has 5 aliphatic carbocycles. The first-order chi connectivity index (χ1) is 53.0. The van der Waals surface area contributed by atoms with Crippen molar-refractivity contribution < 1.29 is 8.83 Å². The number of hydrogen-bond acceptors (Lipinski definition) is 10. The molecule has 10 heteroatoms. The van der Waals surface area contributed by atoms with Gasteiger partial charge in [-0.1, -0.05) is 106 Å². The predicted octanol–water partition coefficient (Wildman–Crippen LogP) is 25.5. The summed E-state index contributed by atoms with van der Waals surface area (Å²) >= 11 is 0. The Bertz CT molecular complexity index is 6260. The van der Waals surface area contributed by atoms with Gasteiger partial charge in [-0.2, -0.15) is 21.0 Å². The maximum absolute atomic E-state index is 9.94. The largest absolute Gasteiger partial charge is 0.456 e. The van der Waals surface area contributed by atoms with Crippen molar-refractivity contribution in [3.05, 3.63) is 340 Å². The second kappa shape index (κ2) is 27.9. The normalized spacial score (nSPS) is 17.0. The van der Waals surface area contributed by atoms with Crippen LogP contribution in [0.15, 0.2) is 316 Å². The minimum absolute atomic E-state index is 0.0434. The number of anilines is 8. The number of rotatable bonds is 16. The van der Waals surface area contributed by atoms with Crippen molar-refractivity contribution in [3.8, 4) is 24.3 Å². The first-order valence-corrected chi connectivity index (χ1v) is 37.6. The molecule has 5 aliphatic rings. The average Bonchev–Trinajstić information content (AvgIpc) is 1.55. The summed E-state index contributed by atoms with van der Waals surface area (Å²) in [5.74, 6) is 2.61. The van der Waals surface area contributed by atoms with Crippen molar-refractivity contribution in [3.63, 3.8) is 0 Å². The van der Waals surface area contributed by atoms with E-state index >= 15 is 0 Å². The third kappa shape index (κ3) is 12.6. The molecule has 0 saturated carbocycles. The van der Waals surface area contributed by atoms with Crippen LogP contribution in [0, 0.1) is 63.1 Å². The molecule has 2 aromatic heterocycles. The molecule has 520 valence electrons. The van der Waals surface area contributed by atoms with E-state index in [1.807, 2.05) is 85.0 Å². The Balaban J connectivity index is 0.616. The highest BCUT2D eigenvalue weighted by atomic mass is 16.3. The Morgan fingerprint density at radius 2 is 1.04 bits per heavy atom. The van der Waals surface area contributed by atoms with Gasteiger partial charge in [-0.25, -0.2) is 0 Å². The lowest BCUT2D eigenvalue weighted by molar-refractivity contribution is 0.422. The van der Waals surface area contributed by atoms with Gasteiger partial charge in [0, 0.05) is 95.5 Å². The molecule has 2 heterocycles. The van der Waals surface area contributed by atoms with Gasteiger partial charge in [0.2, 0.25) is 0 Å². The number of hydrogen-bond donors (Lipinski definition) is 0. The Labute approximate surface area is 629 Å². The number of benzene rings is 11. The lowest BCUT2D eigenvalue weighted by Crippen LogP contribution is -2.30. The summed E-state index contributed by atoms with van der Waals surface area (Å²) in [4.78, 5) is 9.37. The van der Waals surface area contributed by atoms with E-state index in [4.69, 9.17) is 8.83 Å². The van der Waals surface area contributed by atoms with Crippen LogP contribution in [-0.4, -0.2) is 10.9 Å². The molecular formula is C98H76N8O2. The number of nitriles is 4. The van der Waals surface area contributed by atoms with Gasteiger partial charge < -0.3 is 28.4 Å². The Hall–Kier alpha value is -13.4. The number of allylic oxidation sites excluding steroid dienone is 12. The number of fused-ring (bicyclic) bond motifs is 10. The molecule has 4 unspecified atom stereocenters. The second-order valence-corrected chi connectivity index (χ2v) is 29.8. The summed E-state index contributed by atoms with van der Waals surface area (Å²) in [6.07, 6.45) is 29.2. The highest BCUT2D eigenvalue weighted by Crippen LogP contribution is 2.48. The molecule has 10 nitrogen and oxygen atoms in total. The fourth-order valence-corrected chi connectivity index (χ4v) is 16.9. The first-order valence-electron chi connectivity index (χ1n) is 37.6. The maximum Gasteiger partial charge on any atom is 0.136 e. The highest BCUT2D eigenvalue weighted by molar-refractivity contribution is 6.14. The summed E-state index contributed by atoms with van der Waals surface area (Å²) in [7, 11) is 0. The van der Waals surface area contributed by atoms with Gasteiger partial charge in [0.1, 0.15) is 22.5 Å². The van der Waals surface area contributed by atoms with Crippen LogP contribution in [0.2, 0.25) is 0 Å². The molecule has 0 spiro atoms. The summed E-state index contributed by atoms with van der Waals surface area (Å²) in [6, 6.07) is 86.3. The fraction of sp³-hybridized carbons (Fsp3) is 0.163. The Morgan fingerprint density at radius 1 is 0.454 bits per heavy atom. The maximum atomic E-state index is 9.94. The average molecular weight is 1400 g/mol. The number of furan rings is 2. The molecule has 11 aromatic carbocycles. The molecule has 0 aliphatic heterocycles. The molecule has 18 rings (SSSR count). The zero-order chi connectivity index (χ0) is 73.1. The van der Waals surface area contributed by atoms with E-state index in [2.05, 4.69) is 259 Å². The number of para-hydroxylation sites is 1. The summed E-state index contributed by atoms with van der Waals surface area (Å²) < 4.78 is 13.7. The molecule has 4 atom stereocenters. The topological polar surface area (TPSA) is 134 Å². The second-order valence-electron chi connectivity index (χ2n) is 29.8. The summed E-state index contributed by atoms with van der Waals surface area (Å²) in [6.45, 7) is 6.90. The molecule has 0 fully saturated rings. The standard InChI is InChI=1S/C98H76N8O2/c1-62(2)69-20-36-84(37-21-69)104(81-30-14-65(59-100)15-31-81)88-41-25-72-51-92-93-52-73-26-42-89(48-77(73)56-97(93)107-96(92)55-76(72)47-88)105(82-32-16-66(60-101)17-33-82)85-38-22-70(23-39-85)63(3)44-68-8-7-11-86(45-68)106(83-34-18-67(61-102)19-35-83)90-43-27-74-53-94-91-50-71-24-40-87(46-75(71)54-95(91)108-98(94)57-78(74)49-90)103(79-9-5-4-6-10-79)80-28-12-64(58-99)13-29-80/h4-14,16-20,22-24,26-30,32-34,36-40,42-43,45-50,52-57,62-63,69,72,83H,15,21,25,31,35,41,44,51H2,1-3H3. The van der Waals surface area contributed by atoms with Gasteiger partial charge in [-0.3, -0.25) is 0 Å². The molecule has 0 N–H and O–H groups in total. The molecule has 0 radical (unpaired) electrons. The van der Waals surface area contributed by atoms with Crippen molar-refractivity contribution in [1.29, 1.82) is 21.0 Å². The van der Waals surface area contributed by atoms with Crippen molar-refractivity contribution in [2.75, 3.05) is 14.7 Å². The summed E-state index contributed by atoms with van der Waals surface area (Å²) in [5.41, 5.74) is 22.0. The fourth-order valence-electron chi connectivity index (χ4n) is 16.9. The van der Waals surface area contributed by atoms with Gasteiger partial charge in [0.25, 0.3) is 0 Å². The lowest BCUT2D eigenvalue weighted by Gasteiger charge is -2.37. The first kappa shape index (κ1) is 66.6. The zero-order valence-corrected chi connectivity index (χ0v) is 60.5. The van der Waals surface area contributed by atoms with E-state index in [0.29, 0.717) is 40.9 Å². The van der Waals surface area contributed by atoms with Crippen molar-refractivity contribution in [2.24, 2.45) is 17.8 Å². The van der Waals surface area contributed by atoms with Gasteiger partial charge in [0.15, 0.2) is 0 Å². The predicted molar refractivity (Wildman–Crippen MR) is 439 cm³/mol. The summed E-state index contributed by atoms with van der Waals surface area (Å²) in [5, 5.41) is 49.0. The van der Waals surface area contributed by atoms with E-state index in [0.717, 1.165) is 162 Å². The molecule has 13 aromatic rings.